The number of aliphatic imine (C=N–C) groups is 1. The minimum atomic E-state index is 0.797. The van der Waals surface area contributed by atoms with Gasteiger partial charge in [0.15, 0.2) is 0 Å². The van der Waals surface area contributed by atoms with Crippen molar-refractivity contribution in [2.45, 2.75) is 33.1 Å². The lowest BCUT2D eigenvalue weighted by Gasteiger charge is -2.25. The second-order valence-electron chi connectivity index (χ2n) is 6.52. The summed E-state index contributed by atoms with van der Waals surface area (Å²) in [6, 6.07) is 9.96. The number of aryl methyl sites for hydroxylation is 2. The molecule has 0 saturated carbocycles. The van der Waals surface area contributed by atoms with Crippen molar-refractivity contribution in [3.63, 3.8) is 0 Å². The third kappa shape index (κ3) is 5.09. The van der Waals surface area contributed by atoms with Crippen LogP contribution in [-0.4, -0.2) is 24.4 Å². The maximum absolute atomic E-state index is 6.05. The van der Waals surface area contributed by atoms with Gasteiger partial charge < -0.3 is 10.2 Å². The third-order valence-corrected chi connectivity index (χ3v) is 6.29. The van der Waals surface area contributed by atoms with E-state index in [0.29, 0.717) is 0 Å². The molecule has 1 aliphatic heterocycles. The highest BCUT2D eigenvalue weighted by atomic mass is 79.9. The van der Waals surface area contributed by atoms with Crippen molar-refractivity contribution in [2.24, 2.45) is 4.99 Å². The summed E-state index contributed by atoms with van der Waals surface area (Å²) in [6.45, 7) is 6.26. The highest BCUT2D eigenvalue weighted by Crippen LogP contribution is 2.34. The van der Waals surface area contributed by atoms with Gasteiger partial charge in [0.2, 0.25) is 0 Å². The molecule has 1 fully saturated rings. The molecule has 26 heavy (non-hydrogen) atoms. The monoisotopic (exact) mass is 479 g/mol. The summed E-state index contributed by atoms with van der Waals surface area (Å²) in [7, 11) is 0. The largest absolute Gasteiger partial charge is 0.457 e. The van der Waals surface area contributed by atoms with E-state index in [4.69, 9.17) is 4.74 Å². The molecular formula is C20H23Br2N3O. The predicted octanol–water partition coefficient (Wildman–Crippen LogP) is 6.27. The molecule has 0 bridgehead atoms. The van der Waals surface area contributed by atoms with Crippen LogP contribution in [0.1, 0.15) is 30.4 Å². The second kappa shape index (κ2) is 9.02. The molecular weight excluding hydrogens is 458 g/mol. The molecule has 138 valence electrons. The number of rotatable bonds is 5. The first-order chi connectivity index (χ1) is 12.5. The average Bonchev–Trinajstić information content (AvgIpc) is 2.63. The summed E-state index contributed by atoms with van der Waals surface area (Å²) in [6.07, 6.45) is 5.61. The van der Waals surface area contributed by atoms with Crippen LogP contribution in [0.2, 0.25) is 0 Å². The van der Waals surface area contributed by atoms with Gasteiger partial charge in [-0.3, -0.25) is 0 Å². The van der Waals surface area contributed by atoms with E-state index in [-0.39, 0.29) is 0 Å². The zero-order valence-electron chi connectivity index (χ0n) is 15.1. The Morgan fingerprint density at radius 2 is 1.77 bits per heavy atom. The number of hydrazine groups is 1. The average molecular weight is 481 g/mol. The molecule has 4 nitrogen and oxygen atoms in total. The maximum atomic E-state index is 6.05. The summed E-state index contributed by atoms with van der Waals surface area (Å²) in [5, 5.41) is 2.22. The molecule has 1 N–H and O–H groups in total. The fourth-order valence-electron chi connectivity index (χ4n) is 2.89. The summed E-state index contributed by atoms with van der Waals surface area (Å²) >= 11 is 6.98. The first-order valence-electron chi connectivity index (χ1n) is 8.81. The minimum absolute atomic E-state index is 0.797. The Labute approximate surface area is 171 Å². The van der Waals surface area contributed by atoms with Gasteiger partial charge in [-0.15, -0.1) is 0 Å². The van der Waals surface area contributed by atoms with Crippen molar-refractivity contribution in [3.8, 4) is 11.5 Å². The van der Waals surface area contributed by atoms with Crippen molar-refractivity contribution < 1.29 is 4.74 Å². The van der Waals surface area contributed by atoms with Gasteiger partial charge in [-0.05, 0) is 100 Å². The zero-order valence-corrected chi connectivity index (χ0v) is 18.2. The Bertz CT molecular complexity index is 802. The number of benzene rings is 2. The molecule has 1 saturated heterocycles. The number of piperidine rings is 1. The fourth-order valence-corrected chi connectivity index (χ4v) is 3.50. The van der Waals surface area contributed by atoms with Crippen molar-refractivity contribution in [1.29, 1.82) is 0 Å². The van der Waals surface area contributed by atoms with Crippen molar-refractivity contribution in [2.75, 3.05) is 13.1 Å². The van der Waals surface area contributed by atoms with E-state index in [1.165, 1.54) is 19.3 Å². The number of hydrogen-bond donors (Lipinski definition) is 1. The number of nitrogens with one attached hydrogen (secondary N) is 1. The number of ether oxygens (including phenoxy) is 1. The van der Waals surface area contributed by atoms with Crippen molar-refractivity contribution in [3.05, 3.63) is 50.4 Å². The Morgan fingerprint density at radius 1 is 1.00 bits per heavy atom. The van der Waals surface area contributed by atoms with Gasteiger partial charge in [0.25, 0.3) is 0 Å². The van der Waals surface area contributed by atoms with Crippen LogP contribution in [0, 0.1) is 13.8 Å². The summed E-state index contributed by atoms with van der Waals surface area (Å²) in [4.78, 5) is 4.59. The summed E-state index contributed by atoms with van der Waals surface area (Å²) < 4.78 is 8.02. The first-order valence-corrected chi connectivity index (χ1v) is 10.4. The molecule has 3 rings (SSSR count). The topological polar surface area (TPSA) is 36.9 Å². The fraction of sp³-hybridized carbons (Fsp3) is 0.350. The second-order valence-corrected chi connectivity index (χ2v) is 8.23. The Balaban J connectivity index is 1.69. The van der Waals surface area contributed by atoms with Crippen LogP contribution in [0.5, 0.6) is 11.5 Å². The van der Waals surface area contributed by atoms with Crippen LogP contribution in [0.4, 0.5) is 5.69 Å². The predicted molar refractivity (Wildman–Crippen MR) is 115 cm³/mol. The molecule has 0 aromatic heterocycles. The molecule has 0 aliphatic carbocycles. The smallest absolute Gasteiger partial charge is 0.130 e. The van der Waals surface area contributed by atoms with Gasteiger partial charge in [-0.1, -0.05) is 6.42 Å². The van der Waals surface area contributed by atoms with Gasteiger partial charge in [-0.25, -0.2) is 10.0 Å². The Hall–Kier alpha value is -1.37. The van der Waals surface area contributed by atoms with E-state index < -0.39 is 0 Å². The van der Waals surface area contributed by atoms with Crippen molar-refractivity contribution in [1.82, 2.24) is 10.4 Å². The zero-order chi connectivity index (χ0) is 18.5. The molecule has 1 heterocycles. The van der Waals surface area contributed by atoms with Crippen LogP contribution in [-0.2, 0) is 0 Å². The van der Waals surface area contributed by atoms with Gasteiger partial charge in [-0.2, -0.15) is 0 Å². The lowest BCUT2D eigenvalue weighted by molar-refractivity contribution is 0.197. The van der Waals surface area contributed by atoms with Crippen LogP contribution in [0.3, 0.4) is 0 Å². The highest BCUT2D eigenvalue weighted by Gasteiger charge is 2.09. The number of hydrogen-bond acceptors (Lipinski definition) is 3. The molecule has 0 spiro atoms. The van der Waals surface area contributed by atoms with E-state index in [0.717, 1.165) is 50.3 Å². The molecule has 0 unspecified atom stereocenters. The molecule has 0 radical (unpaired) electrons. The van der Waals surface area contributed by atoms with E-state index in [1.54, 1.807) is 6.34 Å². The summed E-state index contributed by atoms with van der Waals surface area (Å²) in [5.74, 6) is 1.64. The molecule has 1 aliphatic rings. The van der Waals surface area contributed by atoms with Gasteiger partial charge in [0.1, 0.15) is 17.8 Å². The van der Waals surface area contributed by atoms with E-state index in [9.17, 15) is 0 Å². The van der Waals surface area contributed by atoms with E-state index in [1.807, 2.05) is 31.2 Å². The van der Waals surface area contributed by atoms with Gasteiger partial charge in [0.05, 0.1) is 5.69 Å². The third-order valence-electron chi connectivity index (χ3n) is 4.41. The quantitative estimate of drug-likeness (QED) is 0.404. The van der Waals surface area contributed by atoms with Crippen LogP contribution in [0.15, 0.2) is 44.3 Å². The number of nitrogens with zero attached hydrogens (tertiary/aromatic N) is 2. The standard InChI is InChI=1S/C20H23Br2N3O/c1-14-11-20(26-16-6-7-17(21)18(22)12-16)15(2)10-19(14)23-13-24-25-8-4-3-5-9-25/h6-7,10-13H,3-5,8-9H2,1-2H3,(H,23,24). The Morgan fingerprint density at radius 3 is 2.50 bits per heavy atom. The lowest BCUT2D eigenvalue weighted by atomic mass is 10.1. The van der Waals surface area contributed by atoms with E-state index >= 15 is 0 Å². The van der Waals surface area contributed by atoms with Crippen LogP contribution < -0.4 is 10.2 Å². The van der Waals surface area contributed by atoms with Crippen LogP contribution in [0.25, 0.3) is 0 Å². The molecule has 2 aromatic carbocycles. The maximum Gasteiger partial charge on any atom is 0.130 e. The molecule has 6 heteroatoms. The Kier molecular flexibility index (Phi) is 6.73. The molecule has 2 aromatic rings. The SMILES string of the molecule is Cc1cc(Oc2ccc(Br)c(Br)c2)c(C)cc1/N=C/NN1CCCCC1. The molecule has 0 amide bonds. The highest BCUT2D eigenvalue weighted by molar-refractivity contribution is 9.13. The summed E-state index contributed by atoms with van der Waals surface area (Å²) in [5.41, 5.74) is 6.38. The van der Waals surface area contributed by atoms with Crippen LogP contribution >= 0.6 is 31.9 Å². The minimum Gasteiger partial charge on any atom is -0.457 e. The lowest BCUT2D eigenvalue weighted by Crippen LogP contribution is -2.40. The van der Waals surface area contributed by atoms with Gasteiger partial charge in [0, 0.05) is 22.0 Å². The molecule has 0 atom stereocenters. The number of halogens is 2. The van der Waals surface area contributed by atoms with Crippen molar-refractivity contribution >= 4 is 43.9 Å². The first kappa shape index (κ1) is 19.4. The van der Waals surface area contributed by atoms with E-state index in [2.05, 4.69) is 60.3 Å². The normalized spacial score (nSPS) is 15.4. The van der Waals surface area contributed by atoms with Gasteiger partial charge >= 0.3 is 0 Å².